The van der Waals surface area contributed by atoms with E-state index in [1.807, 2.05) is 67.6 Å². The molecule has 0 unspecified atom stereocenters. The van der Waals surface area contributed by atoms with Crippen LogP contribution in [0.25, 0.3) is 0 Å². The van der Waals surface area contributed by atoms with Crippen LogP contribution in [-0.4, -0.2) is 29.3 Å². The molecule has 1 atom stereocenters. The van der Waals surface area contributed by atoms with Crippen molar-refractivity contribution in [3.8, 4) is 0 Å². The topological polar surface area (TPSA) is 49.4 Å². The number of carbonyl (C=O) groups excluding carboxylic acids is 2. The number of unbranched alkanes of at least 4 members (excludes halogenated alkanes) is 1. The molecule has 1 N–H and O–H groups in total. The lowest BCUT2D eigenvalue weighted by molar-refractivity contribution is -0.140. The molecule has 2 amide bonds. The van der Waals surface area contributed by atoms with Crippen LogP contribution in [0.4, 0.5) is 0 Å². The summed E-state index contributed by atoms with van der Waals surface area (Å²) in [5.74, 6) is -0.0895. The SMILES string of the molecule is CCCCNC(=O)[C@@H](C)N(Cc1ccccc1)C(=O)CCc1ccccc1. The smallest absolute Gasteiger partial charge is 0.242 e. The van der Waals surface area contributed by atoms with Crippen molar-refractivity contribution in [3.63, 3.8) is 0 Å². The van der Waals surface area contributed by atoms with E-state index in [2.05, 4.69) is 12.2 Å². The van der Waals surface area contributed by atoms with E-state index >= 15 is 0 Å². The van der Waals surface area contributed by atoms with E-state index in [1.54, 1.807) is 4.90 Å². The lowest BCUT2D eigenvalue weighted by Gasteiger charge is -2.29. The summed E-state index contributed by atoms with van der Waals surface area (Å²) < 4.78 is 0. The summed E-state index contributed by atoms with van der Waals surface area (Å²) in [7, 11) is 0. The molecule has 27 heavy (non-hydrogen) atoms. The highest BCUT2D eigenvalue weighted by Crippen LogP contribution is 2.13. The van der Waals surface area contributed by atoms with E-state index in [0.29, 0.717) is 25.9 Å². The molecule has 4 nitrogen and oxygen atoms in total. The van der Waals surface area contributed by atoms with Gasteiger partial charge < -0.3 is 10.2 Å². The average Bonchev–Trinajstić information content (AvgIpc) is 2.71. The highest BCUT2D eigenvalue weighted by atomic mass is 16.2. The van der Waals surface area contributed by atoms with Crippen molar-refractivity contribution in [2.45, 2.75) is 52.1 Å². The molecule has 2 rings (SSSR count). The Morgan fingerprint density at radius 2 is 1.56 bits per heavy atom. The fourth-order valence-electron chi connectivity index (χ4n) is 2.94. The van der Waals surface area contributed by atoms with Crippen molar-refractivity contribution in [2.24, 2.45) is 0 Å². The van der Waals surface area contributed by atoms with Gasteiger partial charge in [0.05, 0.1) is 0 Å². The second-order valence-electron chi connectivity index (χ2n) is 6.81. The van der Waals surface area contributed by atoms with Crippen molar-refractivity contribution in [3.05, 3.63) is 71.8 Å². The molecular weight excluding hydrogens is 336 g/mol. The first kappa shape index (κ1) is 20.7. The van der Waals surface area contributed by atoms with Crippen LogP contribution in [0.2, 0.25) is 0 Å². The van der Waals surface area contributed by atoms with Gasteiger partial charge in [-0.3, -0.25) is 9.59 Å². The van der Waals surface area contributed by atoms with Crippen LogP contribution in [0.15, 0.2) is 60.7 Å². The van der Waals surface area contributed by atoms with Gasteiger partial charge in [0, 0.05) is 19.5 Å². The number of aryl methyl sites for hydroxylation is 1. The van der Waals surface area contributed by atoms with Crippen LogP contribution in [0.1, 0.15) is 44.2 Å². The van der Waals surface area contributed by atoms with Gasteiger partial charge in [-0.2, -0.15) is 0 Å². The molecule has 0 fully saturated rings. The fourth-order valence-corrected chi connectivity index (χ4v) is 2.94. The third kappa shape index (κ3) is 6.89. The molecule has 0 saturated heterocycles. The van der Waals surface area contributed by atoms with E-state index in [4.69, 9.17) is 0 Å². The number of nitrogens with one attached hydrogen (secondary N) is 1. The van der Waals surface area contributed by atoms with Crippen LogP contribution in [0, 0.1) is 0 Å². The summed E-state index contributed by atoms with van der Waals surface area (Å²) >= 11 is 0. The van der Waals surface area contributed by atoms with Gasteiger partial charge in [-0.15, -0.1) is 0 Å². The Bertz CT molecular complexity index is 701. The second-order valence-corrected chi connectivity index (χ2v) is 6.81. The van der Waals surface area contributed by atoms with Gasteiger partial charge in [-0.05, 0) is 30.9 Å². The van der Waals surface area contributed by atoms with Gasteiger partial charge in [-0.1, -0.05) is 74.0 Å². The van der Waals surface area contributed by atoms with Gasteiger partial charge in [0.15, 0.2) is 0 Å². The Morgan fingerprint density at radius 1 is 0.963 bits per heavy atom. The zero-order chi connectivity index (χ0) is 19.5. The Hall–Kier alpha value is -2.62. The first-order chi connectivity index (χ1) is 13.1. The lowest BCUT2D eigenvalue weighted by atomic mass is 10.1. The molecule has 0 spiro atoms. The third-order valence-electron chi connectivity index (χ3n) is 4.66. The molecule has 0 heterocycles. The quantitative estimate of drug-likeness (QED) is 0.647. The molecule has 0 aliphatic rings. The van der Waals surface area contributed by atoms with E-state index in [0.717, 1.165) is 24.0 Å². The van der Waals surface area contributed by atoms with Crippen LogP contribution < -0.4 is 5.32 Å². The molecule has 0 aromatic heterocycles. The minimum absolute atomic E-state index is 0.000785. The number of hydrogen-bond acceptors (Lipinski definition) is 2. The minimum Gasteiger partial charge on any atom is -0.354 e. The third-order valence-corrected chi connectivity index (χ3v) is 4.66. The summed E-state index contributed by atoms with van der Waals surface area (Å²) in [6.07, 6.45) is 3.04. The molecular formula is C23H30N2O2. The summed E-state index contributed by atoms with van der Waals surface area (Å²) in [5.41, 5.74) is 2.16. The predicted octanol–water partition coefficient (Wildman–Crippen LogP) is 3.95. The number of hydrogen-bond donors (Lipinski definition) is 1. The largest absolute Gasteiger partial charge is 0.354 e. The number of carbonyl (C=O) groups is 2. The van der Waals surface area contributed by atoms with E-state index < -0.39 is 6.04 Å². The van der Waals surface area contributed by atoms with Crippen molar-refractivity contribution >= 4 is 11.8 Å². The number of rotatable bonds is 10. The molecule has 0 aliphatic heterocycles. The summed E-state index contributed by atoms with van der Waals surface area (Å²) in [6.45, 7) is 4.99. The zero-order valence-electron chi connectivity index (χ0n) is 16.4. The highest BCUT2D eigenvalue weighted by molar-refractivity contribution is 5.87. The minimum atomic E-state index is -0.495. The van der Waals surface area contributed by atoms with E-state index in [1.165, 1.54) is 0 Å². The van der Waals surface area contributed by atoms with E-state index in [9.17, 15) is 9.59 Å². The van der Waals surface area contributed by atoms with Crippen LogP contribution >= 0.6 is 0 Å². The van der Waals surface area contributed by atoms with Crippen molar-refractivity contribution in [2.75, 3.05) is 6.54 Å². The maximum atomic E-state index is 12.9. The number of amides is 2. The van der Waals surface area contributed by atoms with Crippen LogP contribution in [0.5, 0.6) is 0 Å². The van der Waals surface area contributed by atoms with Gasteiger partial charge >= 0.3 is 0 Å². The van der Waals surface area contributed by atoms with Crippen molar-refractivity contribution in [1.29, 1.82) is 0 Å². The fraction of sp³-hybridized carbons (Fsp3) is 0.391. The van der Waals surface area contributed by atoms with Gasteiger partial charge in [-0.25, -0.2) is 0 Å². The van der Waals surface area contributed by atoms with Gasteiger partial charge in [0.25, 0.3) is 0 Å². The highest BCUT2D eigenvalue weighted by Gasteiger charge is 2.25. The summed E-state index contributed by atoms with van der Waals surface area (Å²) in [6, 6.07) is 19.3. The first-order valence-electron chi connectivity index (χ1n) is 9.76. The lowest BCUT2D eigenvalue weighted by Crippen LogP contribution is -2.47. The summed E-state index contributed by atoms with van der Waals surface area (Å²) in [4.78, 5) is 27.2. The molecule has 2 aromatic rings. The second kappa shape index (κ2) is 11.2. The molecule has 4 heteroatoms. The molecule has 0 bridgehead atoms. The Balaban J connectivity index is 2.05. The van der Waals surface area contributed by atoms with Crippen LogP contribution in [-0.2, 0) is 22.6 Å². The first-order valence-corrected chi connectivity index (χ1v) is 9.76. The van der Waals surface area contributed by atoms with Crippen molar-refractivity contribution in [1.82, 2.24) is 10.2 Å². The molecule has 0 radical (unpaired) electrons. The van der Waals surface area contributed by atoms with E-state index in [-0.39, 0.29) is 11.8 Å². The average molecular weight is 367 g/mol. The Labute approximate surface area is 162 Å². The number of nitrogens with zero attached hydrogens (tertiary/aromatic N) is 1. The predicted molar refractivity (Wildman–Crippen MR) is 109 cm³/mol. The Morgan fingerprint density at radius 3 is 2.15 bits per heavy atom. The van der Waals surface area contributed by atoms with Crippen molar-refractivity contribution < 1.29 is 9.59 Å². The molecule has 2 aromatic carbocycles. The molecule has 0 saturated carbocycles. The Kier molecular flexibility index (Phi) is 8.56. The zero-order valence-corrected chi connectivity index (χ0v) is 16.4. The maximum absolute atomic E-state index is 12.9. The van der Waals surface area contributed by atoms with Gasteiger partial charge in [0.2, 0.25) is 11.8 Å². The monoisotopic (exact) mass is 366 g/mol. The molecule has 0 aliphatic carbocycles. The molecule has 144 valence electrons. The standard InChI is InChI=1S/C23H30N2O2/c1-3-4-17-24-23(27)19(2)25(18-21-13-9-6-10-14-21)22(26)16-15-20-11-7-5-8-12-20/h5-14,19H,3-4,15-18H2,1-2H3,(H,24,27)/t19-/m1/s1. The summed E-state index contributed by atoms with van der Waals surface area (Å²) in [5, 5.41) is 2.95. The van der Waals surface area contributed by atoms with Crippen LogP contribution in [0.3, 0.4) is 0 Å². The number of benzene rings is 2. The van der Waals surface area contributed by atoms with Gasteiger partial charge in [0.1, 0.15) is 6.04 Å². The maximum Gasteiger partial charge on any atom is 0.242 e. The normalized spacial score (nSPS) is 11.6.